The van der Waals surface area contributed by atoms with E-state index in [1.807, 2.05) is 13.8 Å². The van der Waals surface area contributed by atoms with Crippen LogP contribution in [-0.4, -0.2) is 60.5 Å². The first-order valence-electron chi connectivity index (χ1n) is 8.36. The van der Waals surface area contributed by atoms with E-state index in [2.05, 4.69) is 0 Å². The van der Waals surface area contributed by atoms with Crippen molar-refractivity contribution in [1.29, 1.82) is 0 Å². The van der Waals surface area contributed by atoms with Crippen LogP contribution in [0.25, 0.3) is 0 Å². The summed E-state index contributed by atoms with van der Waals surface area (Å²) in [5.74, 6) is -0.0334. The van der Waals surface area contributed by atoms with Gasteiger partial charge in [-0.15, -0.1) is 0 Å². The number of furan rings is 1. The van der Waals surface area contributed by atoms with Crippen LogP contribution in [0.15, 0.2) is 23.0 Å². The molecule has 23 heavy (non-hydrogen) atoms. The van der Waals surface area contributed by atoms with Gasteiger partial charge >= 0.3 is 0 Å². The van der Waals surface area contributed by atoms with Crippen LogP contribution in [0.3, 0.4) is 0 Å². The van der Waals surface area contributed by atoms with E-state index < -0.39 is 0 Å². The van der Waals surface area contributed by atoms with Crippen molar-refractivity contribution in [2.24, 2.45) is 0 Å². The monoisotopic (exact) mass is 322 g/mol. The Morgan fingerprint density at radius 2 is 2.04 bits per heavy atom. The fourth-order valence-electron chi connectivity index (χ4n) is 2.84. The van der Waals surface area contributed by atoms with Crippen molar-refractivity contribution in [1.82, 2.24) is 9.80 Å². The first kappa shape index (κ1) is 17.5. The smallest absolute Gasteiger partial charge is 0.257 e. The van der Waals surface area contributed by atoms with Crippen LogP contribution in [-0.2, 0) is 9.53 Å². The van der Waals surface area contributed by atoms with Gasteiger partial charge in [-0.25, -0.2) is 0 Å². The molecular weight excluding hydrogens is 296 g/mol. The lowest BCUT2D eigenvalue weighted by Crippen LogP contribution is -2.40. The summed E-state index contributed by atoms with van der Waals surface area (Å²) < 4.78 is 10.6. The Kier molecular flexibility index (Phi) is 6.65. The second-order valence-electron chi connectivity index (χ2n) is 5.71. The highest BCUT2D eigenvalue weighted by atomic mass is 16.5. The van der Waals surface area contributed by atoms with Gasteiger partial charge in [-0.2, -0.15) is 0 Å². The molecule has 0 saturated carbocycles. The molecule has 1 aliphatic heterocycles. The highest BCUT2D eigenvalue weighted by Crippen LogP contribution is 2.16. The summed E-state index contributed by atoms with van der Waals surface area (Å²) in [6, 6.07) is 1.65. The quantitative estimate of drug-likeness (QED) is 0.736. The van der Waals surface area contributed by atoms with E-state index in [9.17, 15) is 9.59 Å². The average Bonchev–Trinajstić information content (AvgIpc) is 3.25. The van der Waals surface area contributed by atoms with Crippen molar-refractivity contribution >= 4 is 11.8 Å². The van der Waals surface area contributed by atoms with Gasteiger partial charge < -0.3 is 19.0 Å². The van der Waals surface area contributed by atoms with Crippen molar-refractivity contribution in [3.8, 4) is 0 Å². The number of rotatable bonds is 8. The zero-order chi connectivity index (χ0) is 16.7. The normalized spacial score (nSPS) is 17.2. The number of carbonyl (C=O) groups excluding carboxylic acids is 2. The third-order valence-corrected chi connectivity index (χ3v) is 4.22. The van der Waals surface area contributed by atoms with E-state index in [-0.39, 0.29) is 17.9 Å². The lowest BCUT2D eigenvalue weighted by molar-refractivity contribution is -0.131. The molecule has 128 valence electrons. The predicted octanol–water partition coefficient (Wildman–Crippen LogP) is 2.16. The highest BCUT2D eigenvalue weighted by Gasteiger charge is 2.25. The summed E-state index contributed by atoms with van der Waals surface area (Å²) in [6.07, 6.45) is 5.30. The number of ether oxygens (including phenoxy) is 1. The Bertz CT molecular complexity index is 491. The van der Waals surface area contributed by atoms with Crippen LogP contribution in [0.1, 0.15) is 43.5 Å². The zero-order valence-electron chi connectivity index (χ0n) is 14.0. The summed E-state index contributed by atoms with van der Waals surface area (Å²) in [7, 11) is 0. The van der Waals surface area contributed by atoms with Gasteiger partial charge in [0, 0.05) is 39.2 Å². The van der Waals surface area contributed by atoms with Gasteiger partial charge in [0.25, 0.3) is 5.91 Å². The molecule has 2 rings (SSSR count). The molecule has 1 fully saturated rings. The minimum Gasteiger partial charge on any atom is -0.472 e. The fraction of sp³-hybridized carbons (Fsp3) is 0.647. The number of carbonyl (C=O) groups is 2. The topological polar surface area (TPSA) is 63.0 Å². The zero-order valence-corrected chi connectivity index (χ0v) is 14.0. The van der Waals surface area contributed by atoms with Crippen LogP contribution in [0.4, 0.5) is 0 Å². The maximum atomic E-state index is 12.6. The van der Waals surface area contributed by atoms with Gasteiger partial charge in [0.15, 0.2) is 0 Å². The van der Waals surface area contributed by atoms with Gasteiger partial charge in [-0.3, -0.25) is 9.59 Å². The van der Waals surface area contributed by atoms with E-state index in [0.717, 1.165) is 19.4 Å². The Morgan fingerprint density at radius 3 is 2.61 bits per heavy atom. The lowest BCUT2D eigenvalue weighted by atomic mass is 10.2. The van der Waals surface area contributed by atoms with Crippen LogP contribution in [0, 0.1) is 0 Å². The number of hydrogen-bond acceptors (Lipinski definition) is 4. The van der Waals surface area contributed by atoms with Gasteiger partial charge in [-0.05, 0) is 32.8 Å². The number of hydrogen-bond donors (Lipinski definition) is 0. The van der Waals surface area contributed by atoms with Crippen LogP contribution in [0.2, 0.25) is 0 Å². The largest absolute Gasteiger partial charge is 0.472 e. The molecule has 6 heteroatoms. The highest BCUT2D eigenvalue weighted by molar-refractivity contribution is 5.94. The van der Waals surface area contributed by atoms with E-state index in [0.29, 0.717) is 38.2 Å². The van der Waals surface area contributed by atoms with Gasteiger partial charge in [0.2, 0.25) is 5.91 Å². The van der Waals surface area contributed by atoms with Crippen molar-refractivity contribution in [3.63, 3.8) is 0 Å². The summed E-state index contributed by atoms with van der Waals surface area (Å²) >= 11 is 0. The second kappa shape index (κ2) is 8.72. The Hall–Kier alpha value is -1.82. The standard InChI is InChI=1S/C17H26N2O4/c1-3-18(4-2)16(20)7-9-19(12-15-6-5-10-23-15)17(21)14-8-11-22-13-14/h8,11,13,15H,3-7,9-10,12H2,1-2H3. The minimum atomic E-state index is -0.110. The molecule has 1 aromatic rings. The molecule has 1 unspecified atom stereocenters. The van der Waals surface area contributed by atoms with E-state index in [1.54, 1.807) is 15.9 Å². The van der Waals surface area contributed by atoms with Crippen molar-refractivity contribution < 1.29 is 18.7 Å². The molecule has 0 N–H and O–H groups in total. The lowest BCUT2D eigenvalue weighted by Gasteiger charge is -2.26. The molecule has 0 aliphatic carbocycles. The Labute approximate surface area is 137 Å². The molecule has 2 amide bonds. The molecule has 1 aromatic heterocycles. The summed E-state index contributed by atoms with van der Waals surface area (Å²) in [6.45, 7) is 6.98. The average molecular weight is 322 g/mol. The molecule has 1 saturated heterocycles. The molecule has 0 radical (unpaired) electrons. The van der Waals surface area contributed by atoms with Crippen molar-refractivity contribution in [3.05, 3.63) is 24.2 Å². The number of amides is 2. The minimum absolute atomic E-state index is 0.0643. The maximum absolute atomic E-state index is 12.6. The van der Waals surface area contributed by atoms with Crippen molar-refractivity contribution in [2.75, 3.05) is 32.8 Å². The Morgan fingerprint density at radius 1 is 1.26 bits per heavy atom. The molecule has 6 nitrogen and oxygen atoms in total. The van der Waals surface area contributed by atoms with E-state index in [1.165, 1.54) is 12.5 Å². The fourth-order valence-corrected chi connectivity index (χ4v) is 2.84. The summed E-state index contributed by atoms with van der Waals surface area (Å²) in [5, 5.41) is 0. The second-order valence-corrected chi connectivity index (χ2v) is 5.71. The van der Waals surface area contributed by atoms with E-state index >= 15 is 0 Å². The van der Waals surface area contributed by atoms with Gasteiger partial charge in [0.1, 0.15) is 6.26 Å². The van der Waals surface area contributed by atoms with Crippen LogP contribution < -0.4 is 0 Å². The SMILES string of the molecule is CCN(CC)C(=O)CCN(CC1CCCO1)C(=O)c1ccoc1. The molecular formula is C17H26N2O4. The molecule has 2 heterocycles. The molecule has 0 aromatic carbocycles. The first-order valence-corrected chi connectivity index (χ1v) is 8.36. The number of nitrogens with zero attached hydrogens (tertiary/aromatic N) is 2. The Balaban J connectivity index is 1.98. The van der Waals surface area contributed by atoms with Gasteiger partial charge in [0.05, 0.1) is 17.9 Å². The molecule has 0 bridgehead atoms. The van der Waals surface area contributed by atoms with Crippen molar-refractivity contribution in [2.45, 2.75) is 39.2 Å². The molecule has 1 aliphatic rings. The first-order chi connectivity index (χ1) is 11.2. The predicted molar refractivity (Wildman–Crippen MR) is 86.1 cm³/mol. The van der Waals surface area contributed by atoms with Gasteiger partial charge in [-0.1, -0.05) is 0 Å². The van der Waals surface area contributed by atoms with Crippen LogP contribution in [0.5, 0.6) is 0 Å². The third kappa shape index (κ3) is 4.82. The molecule has 0 spiro atoms. The van der Waals surface area contributed by atoms with Crippen LogP contribution >= 0.6 is 0 Å². The summed E-state index contributed by atoms with van der Waals surface area (Å²) in [5.41, 5.74) is 0.512. The summed E-state index contributed by atoms with van der Waals surface area (Å²) in [4.78, 5) is 28.3. The van der Waals surface area contributed by atoms with E-state index in [4.69, 9.17) is 9.15 Å². The maximum Gasteiger partial charge on any atom is 0.257 e. The third-order valence-electron chi connectivity index (χ3n) is 4.22. The molecule has 1 atom stereocenters.